The van der Waals surface area contributed by atoms with Crippen LogP contribution in [0.15, 0.2) is 33.5 Å². The van der Waals surface area contributed by atoms with Gasteiger partial charge in [-0.15, -0.1) is 0 Å². The largest absolute Gasteiger partial charge is 0.393 e. The van der Waals surface area contributed by atoms with Crippen molar-refractivity contribution in [1.29, 1.82) is 0 Å². The van der Waals surface area contributed by atoms with Crippen LogP contribution in [0.4, 0.5) is 5.69 Å². The Hall–Kier alpha value is -1.49. The molecule has 0 aliphatic rings. The van der Waals surface area contributed by atoms with Crippen LogP contribution < -0.4 is 11.3 Å². The van der Waals surface area contributed by atoms with Crippen molar-refractivity contribution in [3.8, 4) is 0 Å². The molecule has 0 spiro atoms. The molecule has 4 nitrogen and oxygen atoms in total. The molecule has 0 fully saturated rings. The maximum absolute atomic E-state index is 12.0. The second-order valence-electron chi connectivity index (χ2n) is 4.58. The molecule has 0 amide bonds. The van der Waals surface area contributed by atoms with Crippen LogP contribution in [0.1, 0.15) is 31.0 Å². The van der Waals surface area contributed by atoms with Gasteiger partial charge in [-0.3, -0.25) is 9.89 Å². The number of benzene rings is 1. The molecule has 0 bridgehead atoms. The summed E-state index contributed by atoms with van der Waals surface area (Å²) < 4.78 is 2.53. The van der Waals surface area contributed by atoms with Crippen molar-refractivity contribution >= 4 is 21.6 Å². The van der Waals surface area contributed by atoms with Crippen LogP contribution >= 0.6 is 15.9 Å². The molecule has 2 rings (SSSR count). The molecule has 3 N–H and O–H groups in total. The van der Waals surface area contributed by atoms with E-state index in [4.69, 9.17) is 5.73 Å². The van der Waals surface area contributed by atoms with Gasteiger partial charge < -0.3 is 5.73 Å². The molecule has 0 saturated heterocycles. The molecule has 0 aliphatic carbocycles. The third kappa shape index (κ3) is 2.36. The Morgan fingerprint density at radius 3 is 2.61 bits per heavy atom. The molecular formula is C13H16BrN3O. The van der Waals surface area contributed by atoms with E-state index in [1.807, 2.05) is 38.1 Å². The van der Waals surface area contributed by atoms with E-state index in [9.17, 15) is 4.79 Å². The van der Waals surface area contributed by atoms with Crippen LogP contribution in [-0.2, 0) is 6.54 Å². The number of nitrogen functional groups attached to an aromatic ring is 1. The van der Waals surface area contributed by atoms with Crippen LogP contribution in [0, 0.1) is 0 Å². The summed E-state index contributed by atoms with van der Waals surface area (Å²) in [5, 5.41) is 3.08. The Morgan fingerprint density at radius 2 is 2.06 bits per heavy atom. The molecule has 2 aromatic rings. The van der Waals surface area contributed by atoms with Crippen molar-refractivity contribution in [2.45, 2.75) is 26.3 Å². The molecule has 0 aliphatic heterocycles. The van der Waals surface area contributed by atoms with Crippen molar-refractivity contribution in [3.05, 3.63) is 50.3 Å². The minimum atomic E-state index is -0.158. The van der Waals surface area contributed by atoms with Crippen molar-refractivity contribution in [2.75, 3.05) is 5.73 Å². The lowest BCUT2D eigenvalue weighted by molar-refractivity contribution is 0.639. The van der Waals surface area contributed by atoms with Gasteiger partial charge in [0.15, 0.2) is 0 Å². The van der Waals surface area contributed by atoms with Gasteiger partial charge in [0, 0.05) is 4.47 Å². The van der Waals surface area contributed by atoms with E-state index in [-0.39, 0.29) is 11.5 Å². The smallest absolute Gasteiger partial charge is 0.290 e. The van der Waals surface area contributed by atoms with Gasteiger partial charge in [-0.05, 0) is 17.5 Å². The first-order valence-corrected chi connectivity index (χ1v) is 6.61. The topological polar surface area (TPSA) is 63.8 Å². The van der Waals surface area contributed by atoms with Crippen molar-refractivity contribution in [3.63, 3.8) is 0 Å². The lowest BCUT2D eigenvalue weighted by atomic mass is 10.1. The molecular weight excluding hydrogens is 294 g/mol. The Morgan fingerprint density at radius 1 is 1.39 bits per heavy atom. The number of nitrogens with one attached hydrogen (secondary N) is 1. The highest BCUT2D eigenvalue weighted by molar-refractivity contribution is 9.10. The number of nitrogens with zero attached hydrogens (tertiary/aromatic N) is 1. The van der Waals surface area contributed by atoms with Gasteiger partial charge in [-0.25, -0.2) is 4.68 Å². The molecule has 96 valence electrons. The third-order valence-electron chi connectivity index (χ3n) is 2.88. The Labute approximate surface area is 114 Å². The molecule has 1 aromatic heterocycles. The molecule has 5 heteroatoms. The zero-order valence-corrected chi connectivity index (χ0v) is 12.0. The maximum atomic E-state index is 12.0. The van der Waals surface area contributed by atoms with Crippen molar-refractivity contribution in [2.24, 2.45) is 0 Å². The molecule has 18 heavy (non-hydrogen) atoms. The highest BCUT2D eigenvalue weighted by Crippen LogP contribution is 2.19. The average molecular weight is 310 g/mol. The van der Waals surface area contributed by atoms with Crippen molar-refractivity contribution < 1.29 is 0 Å². The number of aromatic nitrogens is 2. The van der Waals surface area contributed by atoms with Gasteiger partial charge in [0.05, 0.1) is 12.2 Å². The Balaban J connectivity index is 2.39. The molecule has 0 atom stereocenters. The predicted molar refractivity (Wildman–Crippen MR) is 76.8 cm³/mol. The molecule has 1 aromatic carbocycles. The highest BCUT2D eigenvalue weighted by Gasteiger charge is 2.14. The van der Waals surface area contributed by atoms with Crippen LogP contribution in [0.5, 0.6) is 0 Å². The Bertz CT molecular complexity index is 613. The monoisotopic (exact) mass is 309 g/mol. The summed E-state index contributed by atoms with van der Waals surface area (Å²) in [4.78, 5) is 12.0. The third-order valence-corrected chi connectivity index (χ3v) is 3.66. The zero-order chi connectivity index (χ0) is 13.3. The van der Waals surface area contributed by atoms with Gasteiger partial charge in [-0.2, -0.15) is 0 Å². The number of rotatable bonds is 3. The minimum Gasteiger partial charge on any atom is -0.393 e. The fourth-order valence-corrected chi connectivity index (χ4v) is 2.28. The van der Waals surface area contributed by atoms with E-state index in [0.717, 1.165) is 15.7 Å². The fraction of sp³-hybridized carbons (Fsp3) is 0.308. The number of nitrogens with two attached hydrogens (primary N) is 1. The quantitative estimate of drug-likeness (QED) is 0.915. The first kappa shape index (κ1) is 13.0. The summed E-state index contributed by atoms with van der Waals surface area (Å²) in [7, 11) is 0. The van der Waals surface area contributed by atoms with E-state index in [1.165, 1.54) is 0 Å². The highest BCUT2D eigenvalue weighted by atomic mass is 79.9. The summed E-state index contributed by atoms with van der Waals surface area (Å²) in [5.74, 6) is 0.207. The van der Waals surface area contributed by atoms with Gasteiger partial charge in [-0.1, -0.05) is 48.0 Å². The minimum absolute atomic E-state index is 0.158. The van der Waals surface area contributed by atoms with Gasteiger partial charge in [0.1, 0.15) is 5.69 Å². The van der Waals surface area contributed by atoms with E-state index in [1.54, 1.807) is 4.68 Å². The van der Waals surface area contributed by atoms with E-state index in [0.29, 0.717) is 12.2 Å². The van der Waals surface area contributed by atoms with Gasteiger partial charge in [0.2, 0.25) is 0 Å². The van der Waals surface area contributed by atoms with Crippen LogP contribution in [0.2, 0.25) is 0 Å². The first-order chi connectivity index (χ1) is 8.50. The molecule has 0 radical (unpaired) electrons. The number of H-pyrrole nitrogens is 1. The molecule has 1 heterocycles. The number of aromatic amines is 1. The van der Waals surface area contributed by atoms with Crippen molar-refractivity contribution in [1.82, 2.24) is 9.78 Å². The van der Waals surface area contributed by atoms with Gasteiger partial charge >= 0.3 is 0 Å². The summed E-state index contributed by atoms with van der Waals surface area (Å²) in [6.45, 7) is 4.49. The zero-order valence-electron chi connectivity index (χ0n) is 10.4. The van der Waals surface area contributed by atoms with E-state index in [2.05, 4.69) is 21.0 Å². The number of halogens is 1. The van der Waals surface area contributed by atoms with Crippen LogP contribution in [0.3, 0.4) is 0 Å². The summed E-state index contributed by atoms with van der Waals surface area (Å²) >= 11 is 3.47. The first-order valence-electron chi connectivity index (χ1n) is 5.82. The normalized spacial score (nSPS) is 11.1. The van der Waals surface area contributed by atoms with E-state index >= 15 is 0 Å². The summed E-state index contributed by atoms with van der Waals surface area (Å²) in [5.41, 5.74) is 7.81. The second-order valence-corrected chi connectivity index (χ2v) is 5.43. The summed E-state index contributed by atoms with van der Waals surface area (Å²) in [6, 6.07) is 7.82. The van der Waals surface area contributed by atoms with Gasteiger partial charge in [0.25, 0.3) is 5.56 Å². The molecule has 0 saturated carbocycles. The van der Waals surface area contributed by atoms with E-state index < -0.39 is 0 Å². The standard InChI is InChI=1S/C13H16BrN3O/c1-8(2)12-11(15)13(18)17(16-12)7-9-5-3-4-6-10(9)14/h3-6,8,16H,7,15H2,1-2H3. The average Bonchev–Trinajstić information content (AvgIpc) is 2.60. The fourth-order valence-electron chi connectivity index (χ4n) is 1.87. The van der Waals surface area contributed by atoms with Crippen LogP contribution in [-0.4, -0.2) is 9.78 Å². The lowest BCUT2D eigenvalue weighted by Crippen LogP contribution is -2.19. The number of hydrogen-bond acceptors (Lipinski definition) is 2. The SMILES string of the molecule is CC(C)c1[nH]n(Cc2ccccc2Br)c(=O)c1N. The second kappa shape index (κ2) is 5.02. The number of hydrogen-bond donors (Lipinski definition) is 2. The summed E-state index contributed by atoms with van der Waals surface area (Å²) in [6.07, 6.45) is 0. The maximum Gasteiger partial charge on any atom is 0.290 e. The Kier molecular flexibility index (Phi) is 3.61. The lowest BCUT2D eigenvalue weighted by Gasteiger charge is -2.05. The molecule has 0 unspecified atom stereocenters. The number of anilines is 1. The predicted octanol–water partition coefficient (Wildman–Crippen LogP) is 2.69. The van der Waals surface area contributed by atoms with Crippen LogP contribution in [0.25, 0.3) is 0 Å².